The third-order valence-electron chi connectivity index (χ3n) is 2.66. The Morgan fingerprint density at radius 3 is 2.84 bits per heavy atom. The first-order valence-electron chi connectivity index (χ1n) is 5.81. The van der Waals surface area contributed by atoms with Crippen LogP contribution in [0, 0.1) is 0 Å². The van der Waals surface area contributed by atoms with Crippen molar-refractivity contribution in [3.63, 3.8) is 0 Å². The molecule has 6 heteroatoms. The van der Waals surface area contributed by atoms with E-state index in [0.717, 1.165) is 10.7 Å². The maximum absolute atomic E-state index is 12.0. The molecule has 0 saturated carbocycles. The van der Waals surface area contributed by atoms with E-state index in [-0.39, 0.29) is 5.91 Å². The molecule has 0 saturated heterocycles. The van der Waals surface area contributed by atoms with Crippen molar-refractivity contribution < 1.29 is 4.79 Å². The summed E-state index contributed by atoms with van der Waals surface area (Å²) in [5.74, 6) is -0.146. The fraction of sp³-hybridized carbons (Fsp3) is 0.231. The van der Waals surface area contributed by atoms with Gasteiger partial charge in [-0.1, -0.05) is 0 Å². The highest BCUT2D eigenvalue weighted by Crippen LogP contribution is 2.22. The maximum atomic E-state index is 12.0. The van der Waals surface area contributed by atoms with Crippen molar-refractivity contribution in [3.05, 3.63) is 40.3 Å². The van der Waals surface area contributed by atoms with Gasteiger partial charge in [0.1, 0.15) is 5.01 Å². The minimum atomic E-state index is -0.146. The van der Waals surface area contributed by atoms with Crippen molar-refractivity contribution in [3.8, 4) is 0 Å². The number of thiazole rings is 1. The molecule has 3 N–H and O–H groups in total. The Morgan fingerprint density at radius 1 is 1.47 bits per heavy atom. The van der Waals surface area contributed by atoms with Crippen LogP contribution >= 0.6 is 11.3 Å². The second-order valence-electron chi connectivity index (χ2n) is 4.28. The van der Waals surface area contributed by atoms with Gasteiger partial charge in [-0.3, -0.25) is 4.79 Å². The highest BCUT2D eigenvalue weighted by Gasteiger charge is 2.09. The zero-order valence-corrected chi connectivity index (χ0v) is 11.7. The molecule has 1 aromatic carbocycles. The number of nitrogens with zero attached hydrogens (tertiary/aromatic N) is 2. The van der Waals surface area contributed by atoms with Gasteiger partial charge in [-0.25, -0.2) is 4.98 Å². The van der Waals surface area contributed by atoms with Gasteiger partial charge in [0, 0.05) is 31.2 Å². The molecule has 0 bridgehead atoms. The van der Waals surface area contributed by atoms with Crippen LogP contribution in [0.3, 0.4) is 0 Å². The Kier molecular flexibility index (Phi) is 4.01. The molecule has 100 valence electrons. The number of benzene rings is 1. The molecule has 5 nitrogen and oxygen atoms in total. The number of nitrogens with one attached hydrogen (secondary N) is 1. The number of aromatic nitrogens is 1. The standard InChI is InChI=1S/C13H16N4OS/c1-17(2)11-4-3-9(7-10(11)14)13(18)16-8-12-15-5-6-19-12/h3-7H,8,14H2,1-2H3,(H,16,18). The SMILES string of the molecule is CN(C)c1ccc(C(=O)NCc2nccs2)cc1N. The summed E-state index contributed by atoms with van der Waals surface area (Å²) in [4.78, 5) is 18.0. The number of carbonyl (C=O) groups excluding carboxylic acids is 1. The average Bonchev–Trinajstić information content (AvgIpc) is 2.88. The number of nitrogens with two attached hydrogens (primary N) is 1. The van der Waals surface area contributed by atoms with E-state index in [1.165, 1.54) is 11.3 Å². The summed E-state index contributed by atoms with van der Waals surface area (Å²) < 4.78 is 0. The van der Waals surface area contributed by atoms with Gasteiger partial charge in [-0.15, -0.1) is 11.3 Å². The van der Waals surface area contributed by atoms with Gasteiger partial charge < -0.3 is 16.0 Å². The molecule has 1 amide bonds. The molecule has 0 unspecified atom stereocenters. The lowest BCUT2D eigenvalue weighted by Crippen LogP contribution is -2.23. The Bertz CT molecular complexity index is 566. The first-order valence-corrected chi connectivity index (χ1v) is 6.69. The molecule has 2 aromatic rings. The molecule has 1 aromatic heterocycles. The fourth-order valence-corrected chi connectivity index (χ4v) is 2.26. The Balaban J connectivity index is 2.05. The van der Waals surface area contributed by atoms with Crippen LogP contribution in [0.2, 0.25) is 0 Å². The first kappa shape index (κ1) is 13.4. The molecule has 0 radical (unpaired) electrons. The molecule has 0 aliphatic heterocycles. The summed E-state index contributed by atoms with van der Waals surface area (Å²) in [6.45, 7) is 0.436. The van der Waals surface area contributed by atoms with E-state index in [9.17, 15) is 4.79 Å². The van der Waals surface area contributed by atoms with Crippen LogP contribution in [0.1, 0.15) is 15.4 Å². The maximum Gasteiger partial charge on any atom is 0.251 e. The molecule has 0 atom stereocenters. The van der Waals surface area contributed by atoms with E-state index >= 15 is 0 Å². The second kappa shape index (κ2) is 5.71. The minimum absolute atomic E-state index is 0.146. The van der Waals surface area contributed by atoms with Crippen molar-refractivity contribution in [2.45, 2.75) is 6.54 Å². The molecule has 1 heterocycles. The average molecular weight is 276 g/mol. The Hall–Kier alpha value is -2.08. The fourth-order valence-electron chi connectivity index (χ4n) is 1.70. The smallest absolute Gasteiger partial charge is 0.251 e. The van der Waals surface area contributed by atoms with Crippen LogP contribution in [-0.4, -0.2) is 25.0 Å². The van der Waals surface area contributed by atoms with Gasteiger partial charge >= 0.3 is 0 Å². The largest absolute Gasteiger partial charge is 0.397 e. The highest BCUT2D eigenvalue weighted by atomic mass is 32.1. The summed E-state index contributed by atoms with van der Waals surface area (Å²) in [6, 6.07) is 5.29. The number of hydrogen-bond donors (Lipinski definition) is 2. The number of rotatable bonds is 4. The van der Waals surface area contributed by atoms with E-state index in [4.69, 9.17) is 5.73 Å². The number of nitrogen functional groups attached to an aromatic ring is 1. The van der Waals surface area contributed by atoms with Gasteiger partial charge in [0.15, 0.2) is 0 Å². The zero-order valence-electron chi connectivity index (χ0n) is 10.9. The lowest BCUT2D eigenvalue weighted by Gasteiger charge is -2.15. The predicted molar refractivity (Wildman–Crippen MR) is 78.5 cm³/mol. The zero-order chi connectivity index (χ0) is 13.8. The minimum Gasteiger partial charge on any atom is -0.397 e. The van der Waals surface area contributed by atoms with Crippen LogP contribution < -0.4 is 16.0 Å². The number of anilines is 2. The van der Waals surface area contributed by atoms with Crippen molar-refractivity contribution in [2.24, 2.45) is 0 Å². The lowest BCUT2D eigenvalue weighted by atomic mass is 10.1. The van der Waals surface area contributed by atoms with Gasteiger partial charge in [0.25, 0.3) is 5.91 Å². The van der Waals surface area contributed by atoms with Crippen molar-refractivity contribution >= 4 is 28.6 Å². The van der Waals surface area contributed by atoms with Crippen LogP contribution in [-0.2, 0) is 6.54 Å². The van der Waals surface area contributed by atoms with Crippen LogP contribution in [0.5, 0.6) is 0 Å². The highest BCUT2D eigenvalue weighted by molar-refractivity contribution is 7.09. The van der Waals surface area contributed by atoms with Crippen molar-refractivity contribution in [2.75, 3.05) is 24.7 Å². The number of carbonyl (C=O) groups is 1. The quantitative estimate of drug-likeness (QED) is 0.834. The first-order chi connectivity index (χ1) is 9.08. The summed E-state index contributed by atoms with van der Waals surface area (Å²) in [5.41, 5.74) is 7.96. The summed E-state index contributed by atoms with van der Waals surface area (Å²) >= 11 is 1.51. The molecule has 2 rings (SSSR count). The third-order valence-corrected chi connectivity index (χ3v) is 3.43. The van der Waals surface area contributed by atoms with Gasteiger partial charge in [0.2, 0.25) is 0 Å². The molecular formula is C13H16N4OS. The molecule has 0 aliphatic carbocycles. The predicted octanol–water partition coefficient (Wildman–Crippen LogP) is 1.72. The molecule has 19 heavy (non-hydrogen) atoms. The van der Waals surface area contributed by atoms with E-state index < -0.39 is 0 Å². The van der Waals surface area contributed by atoms with Crippen LogP contribution in [0.15, 0.2) is 29.8 Å². The number of amides is 1. The molecular weight excluding hydrogens is 260 g/mol. The van der Waals surface area contributed by atoms with Gasteiger partial charge in [0.05, 0.1) is 17.9 Å². The van der Waals surface area contributed by atoms with E-state index in [0.29, 0.717) is 17.8 Å². The summed E-state index contributed by atoms with van der Waals surface area (Å²) in [5, 5.41) is 5.58. The summed E-state index contributed by atoms with van der Waals surface area (Å²) in [7, 11) is 3.82. The lowest BCUT2D eigenvalue weighted by molar-refractivity contribution is 0.0951. The van der Waals surface area contributed by atoms with E-state index in [2.05, 4.69) is 10.3 Å². The Morgan fingerprint density at radius 2 is 2.26 bits per heavy atom. The van der Waals surface area contributed by atoms with Crippen LogP contribution in [0.25, 0.3) is 0 Å². The summed E-state index contributed by atoms with van der Waals surface area (Å²) in [6.07, 6.45) is 1.72. The Labute approximate surface area is 116 Å². The van der Waals surface area contributed by atoms with Crippen molar-refractivity contribution in [1.29, 1.82) is 0 Å². The number of hydrogen-bond acceptors (Lipinski definition) is 5. The molecule has 0 aliphatic rings. The third kappa shape index (κ3) is 3.23. The van der Waals surface area contributed by atoms with Gasteiger partial charge in [-0.05, 0) is 18.2 Å². The van der Waals surface area contributed by atoms with Crippen LogP contribution in [0.4, 0.5) is 11.4 Å². The second-order valence-corrected chi connectivity index (χ2v) is 5.26. The molecule has 0 spiro atoms. The monoisotopic (exact) mass is 276 g/mol. The van der Waals surface area contributed by atoms with Crippen molar-refractivity contribution in [1.82, 2.24) is 10.3 Å². The normalized spacial score (nSPS) is 10.2. The molecule has 0 fully saturated rings. The van der Waals surface area contributed by atoms with E-state index in [1.807, 2.05) is 30.4 Å². The topological polar surface area (TPSA) is 71.2 Å². The van der Waals surface area contributed by atoms with E-state index in [1.54, 1.807) is 18.3 Å². The van der Waals surface area contributed by atoms with Gasteiger partial charge in [-0.2, -0.15) is 0 Å².